The maximum Gasteiger partial charge on any atom is 0.0968 e. The maximum absolute atomic E-state index is 5.99. The minimum Gasteiger partial charge on any atom is -0.397 e. The molecular formula is C11H14N4. The van der Waals surface area contributed by atoms with Crippen molar-refractivity contribution in [3.05, 3.63) is 29.7 Å². The predicted molar refractivity (Wildman–Crippen MR) is 60.3 cm³/mol. The lowest BCUT2D eigenvalue weighted by atomic mass is 10.1. The first-order valence-electron chi connectivity index (χ1n) is 4.81. The van der Waals surface area contributed by atoms with E-state index < -0.39 is 0 Å². The lowest BCUT2D eigenvalue weighted by Crippen LogP contribution is -1.98. The number of pyridine rings is 1. The Kier molecular flexibility index (Phi) is 2.19. The Bertz CT molecular complexity index is 499. The smallest absolute Gasteiger partial charge is 0.0968 e. The number of nitrogens with zero attached hydrogens (tertiary/aromatic N) is 3. The molecule has 0 aliphatic heterocycles. The highest BCUT2D eigenvalue weighted by atomic mass is 15.3. The van der Waals surface area contributed by atoms with Crippen LogP contribution < -0.4 is 5.73 Å². The van der Waals surface area contributed by atoms with Crippen molar-refractivity contribution in [3.8, 4) is 11.3 Å². The van der Waals surface area contributed by atoms with Gasteiger partial charge in [0.2, 0.25) is 0 Å². The molecule has 0 saturated heterocycles. The zero-order chi connectivity index (χ0) is 11.0. The second-order valence-electron chi connectivity index (χ2n) is 3.66. The molecule has 0 fully saturated rings. The predicted octanol–water partition coefficient (Wildman–Crippen LogP) is 1.68. The summed E-state index contributed by atoms with van der Waals surface area (Å²) in [6, 6.07) is 1.91. The average molecular weight is 202 g/mol. The van der Waals surface area contributed by atoms with E-state index in [1.807, 2.05) is 31.6 Å². The highest BCUT2D eigenvalue weighted by molar-refractivity contribution is 5.75. The first-order valence-corrected chi connectivity index (χ1v) is 4.81. The molecule has 2 aromatic heterocycles. The van der Waals surface area contributed by atoms with Gasteiger partial charge in [-0.3, -0.25) is 9.67 Å². The third-order valence-corrected chi connectivity index (χ3v) is 2.70. The van der Waals surface area contributed by atoms with Crippen molar-refractivity contribution in [1.29, 1.82) is 0 Å². The summed E-state index contributed by atoms with van der Waals surface area (Å²) in [5.74, 6) is 0. The molecule has 0 unspecified atom stereocenters. The molecular weight excluding hydrogens is 188 g/mol. The second kappa shape index (κ2) is 3.38. The summed E-state index contributed by atoms with van der Waals surface area (Å²) in [4.78, 5) is 4.31. The zero-order valence-electron chi connectivity index (χ0n) is 9.15. The van der Waals surface area contributed by atoms with Crippen molar-refractivity contribution in [2.75, 3.05) is 5.73 Å². The number of nitrogens with two attached hydrogens (primary N) is 1. The lowest BCUT2D eigenvalue weighted by molar-refractivity contribution is 0.740. The number of hydrogen-bond donors (Lipinski definition) is 1. The molecule has 2 heterocycles. The molecule has 78 valence electrons. The van der Waals surface area contributed by atoms with Crippen LogP contribution in [0, 0.1) is 13.8 Å². The van der Waals surface area contributed by atoms with E-state index >= 15 is 0 Å². The summed E-state index contributed by atoms with van der Waals surface area (Å²) in [6.07, 6.45) is 3.57. The van der Waals surface area contributed by atoms with Gasteiger partial charge in [-0.05, 0) is 25.5 Å². The molecule has 0 atom stereocenters. The Morgan fingerprint density at radius 2 is 2.07 bits per heavy atom. The topological polar surface area (TPSA) is 56.7 Å². The monoisotopic (exact) mass is 202 g/mol. The molecule has 0 amide bonds. The van der Waals surface area contributed by atoms with Gasteiger partial charge in [0.1, 0.15) is 0 Å². The van der Waals surface area contributed by atoms with Crippen LogP contribution in [0.5, 0.6) is 0 Å². The van der Waals surface area contributed by atoms with Gasteiger partial charge in [0.15, 0.2) is 0 Å². The summed E-state index contributed by atoms with van der Waals surface area (Å²) in [7, 11) is 1.91. The highest BCUT2D eigenvalue weighted by Crippen LogP contribution is 2.27. The normalized spacial score (nSPS) is 10.6. The van der Waals surface area contributed by atoms with Gasteiger partial charge in [0.05, 0.1) is 17.6 Å². The fourth-order valence-corrected chi connectivity index (χ4v) is 1.52. The molecule has 0 radical (unpaired) electrons. The van der Waals surface area contributed by atoms with Crippen LogP contribution in [-0.4, -0.2) is 14.8 Å². The molecule has 0 aromatic carbocycles. The second-order valence-corrected chi connectivity index (χ2v) is 3.66. The van der Waals surface area contributed by atoms with E-state index in [0.717, 1.165) is 28.2 Å². The van der Waals surface area contributed by atoms with Crippen LogP contribution >= 0.6 is 0 Å². The van der Waals surface area contributed by atoms with E-state index in [1.165, 1.54) is 0 Å². The molecule has 0 bridgehead atoms. The number of aryl methyl sites for hydroxylation is 2. The number of anilines is 1. The Labute approximate surface area is 88.8 Å². The third-order valence-electron chi connectivity index (χ3n) is 2.70. The minimum absolute atomic E-state index is 0.730. The molecule has 2 rings (SSSR count). The van der Waals surface area contributed by atoms with Gasteiger partial charge in [-0.15, -0.1) is 0 Å². The Balaban J connectivity index is 2.64. The fourth-order valence-electron chi connectivity index (χ4n) is 1.52. The summed E-state index contributed by atoms with van der Waals surface area (Å²) >= 11 is 0. The van der Waals surface area contributed by atoms with Gasteiger partial charge in [-0.2, -0.15) is 5.10 Å². The Morgan fingerprint density at radius 3 is 2.67 bits per heavy atom. The highest BCUT2D eigenvalue weighted by Gasteiger charge is 2.11. The van der Waals surface area contributed by atoms with E-state index in [9.17, 15) is 0 Å². The molecule has 0 saturated carbocycles. The van der Waals surface area contributed by atoms with Crippen LogP contribution in [0.2, 0.25) is 0 Å². The SMILES string of the molecule is Cc1ccnc(-c2cnn(C)c2C)c1N. The molecule has 0 aliphatic rings. The quantitative estimate of drug-likeness (QED) is 0.765. The average Bonchev–Trinajstić information content (AvgIpc) is 2.53. The van der Waals surface area contributed by atoms with Crippen LogP contribution in [0.25, 0.3) is 11.3 Å². The van der Waals surface area contributed by atoms with Crippen molar-refractivity contribution < 1.29 is 0 Å². The number of hydrogen-bond acceptors (Lipinski definition) is 3. The van der Waals surface area contributed by atoms with Gasteiger partial charge in [-0.25, -0.2) is 0 Å². The van der Waals surface area contributed by atoms with Crippen molar-refractivity contribution in [1.82, 2.24) is 14.8 Å². The standard InChI is InChI=1S/C11H14N4/c1-7-4-5-13-11(10(7)12)9-6-14-15(3)8(9)2/h4-6H,12H2,1-3H3. The van der Waals surface area contributed by atoms with Crippen molar-refractivity contribution in [2.45, 2.75) is 13.8 Å². The molecule has 2 aromatic rings. The summed E-state index contributed by atoms with van der Waals surface area (Å²) in [5.41, 5.74) is 10.7. The Morgan fingerprint density at radius 1 is 1.33 bits per heavy atom. The molecule has 15 heavy (non-hydrogen) atoms. The number of aromatic nitrogens is 3. The van der Waals surface area contributed by atoms with E-state index in [-0.39, 0.29) is 0 Å². The van der Waals surface area contributed by atoms with E-state index in [1.54, 1.807) is 12.4 Å². The van der Waals surface area contributed by atoms with Crippen molar-refractivity contribution in [3.63, 3.8) is 0 Å². The van der Waals surface area contributed by atoms with Gasteiger partial charge >= 0.3 is 0 Å². The van der Waals surface area contributed by atoms with Crippen molar-refractivity contribution in [2.24, 2.45) is 7.05 Å². The van der Waals surface area contributed by atoms with E-state index in [4.69, 9.17) is 5.73 Å². The molecule has 0 aliphatic carbocycles. The van der Waals surface area contributed by atoms with E-state index in [0.29, 0.717) is 0 Å². The number of rotatable bonds is 1. The number of nitrogen functional groups attached to an aromatic ring is 1. The van der Waals surface area contributed by atoms with Crippen molar-refractivity contribution >= 4 is 5.69 Å². The van der Waals surface area contributed by atoms with Crippen LogP contribution in [0.15, 0.2) is 18.5 Å². The van der Waals surface area contributed by atoms with E-state index in [2.05, 4.69) is 10.1 Å². The first kappa shape index (κ1) is 9.71. The molecule has 4 heteroatoms. The fraction of sp³-hybridized carbons (Fsp3) is 0.273. The van der Waals surface area contributed by atoms with Crippen LogP contribution in [0.3, 0.4) is 0 Å². The first-order chi connectivity index (χ1) is 7.11. The summed E-state index contributed by atoms with van der Waals surface area (Å²) in [5, 5.41) is 4.18. The van der Waals surface area contributed by atoms with Crippen LogP contribution in [0.4, 0.5) is 5.69 Å². The Hall–Kier alpha value is -1.84. The van der Waals surface area contributed by atoms with Gasteiger partial charge in [0, 0.05) is 24.5 Å². The molecule has 4 nitrogen and oxygen atoms in total. The largest absolute Gasteiger partial charge is 0.397 e. The maximum atomic E-state index is 5.99. The molecule has 0 spiro atoms. The van der Waals surface area contributed by atoms with Gasteiger partial charge in [0.25, 0.3) is 0 Å². The summed E-state index contributed by atoms with van der Waals surface area (Å²) in [6.45, 7) is 3.98. The zero-order valence-corrected chi connectivity index (χ0v) is 9.15. The summed E-state index contributed by atoms with van der Waals surface area (Å²) < 4.78 is 1.82. The van der Waals surface area contributed by atoms with Gasteiger partial charge in [-0.1, -0.05) is 0 Å². The minimum atomic E-state index is 0.730. The molecule has 2 N–H and O–H groups in total. The van der Waals surface area contributed by atoms with Crippen LogP contribution in [0.1, 0.15) is 11.3 Å². The third kappa shape index (κ3) is 1.48. The van der Waals surface area contributed by atoms with Crippen LogP contribution in [-0.2, 0) is 7.05 Å². The lowest BCUT2D eigenvalue weighted by Gasteiger charge is -2.06. The van der Waals surface area contributed by atoms with Gasteiger partial charge < -0.3 is 5.73 Å².